The molecule has 0 aliphatic heterocycles. The van der Waals surface area contributed by atoms with E-state index >= 15 is 0 Å². The zero-order valence-electron chi connectivity index (χ0n) is 12.7. The highest BCUT2D eigenvalue weighted by atomic mass is 35.5. The minimum atomic E-state index is -3.52. The fourth-order valence-corrected chi connectivity index (χ4v) is 2.82. The molecule has 0 aromatic heterocycles. The molecule has 0 fully saturated rings. The molecule has 2 aromatic rings. The van der Waals surface area contributed by atoms with Gasteiger partial charge < -0.3 is 0 Å². The lowest BCUT2D eigenvalue weighted by Crippen LogP contribution is -2.13. The molecule has 23 heavy (non-hydrogen) atoms. The Morgan fingerprint density at radius 3 is 2.26 bits per heavy atom. The van der Waals surface area contributed by atoms with Crippen LogP contribution < -0.4 is 0 Å². The molecular formula is C17H18ClFO3S. The number of benzene rings is 2. The van der Waals surface area contributed by atoms with Gasteiger partial charge in [-0.1, -0.05) is 35.9 Å². The van der Waals surface area contributed by atoms with Crippen LogP contribution in [-0.4, -0.2) is 21.3 Å². The lowest BCUT2D eigenvalue weighted by atomic mass is 9.93. The topological polar surface area (TPSA) is 43.4 Å². The third-order valence-corrected chi connectivity index (χ3v) is 4.34. The first-order chi connectivity index (χ1) is 10.8. The molecule has 0 aliphatic rings. The first-order valence-corrected chi connectivity index (χ1v) is 9.37. The number of aryl methyl sites for hydroxylation is 1. The molecule has 6 heteroatoms. The van der Waals surface area contributed by atoms with Gasteiger partial charge in [0.15, 0.2) is 0 Å². The van der Waals surface area contributed by atoms with Gasteiger partial charge in [-0.25, -0.2) is 4.39 Å². The van der Waals surface area contributed by atoms with E-state index < -0.39 is 10.1 Å². The average molecular weight is 357 g/mol. The van der Waals surface area contributed by atoms with Crippen molar-refractivity contribution in [2.24, 2.45) is 0 Å². The van der Waals surface area contributed by atoms with Crippen molar-refractivity contribution in [2.45, 2.75) is 18.8 Å². The van der Waals surface area contributed by atoms with Crippen molar-refractivity contribution in [2.75, 3.05) is 12.9 Å². The van der Waals surface area contributed by atoms with Crippen LogP contribution in [0.25, 0.3) is 0 Å². The molecule has 0 aliphatic carbocycles. The third-order valence-electron chi connectivity index (χ3n) is 3.52. The maximum absolute atomic E-state index is 13.1. The second-order valence-corrected chi connectivity index (χ2v) is 7.48. The van der Waals surface area contributed by atoms with E-state index in [1.54, 1.807) is 12.1 Å². The minimum absolute atomic E-state index is 0.0397. The SMILES string of the molecule is CS(=O)(=O)OCC(CCc1ccc(Cl)cc1)c1ccc(F)cc1. The molecule has 2 rings (SSSR count). The van der Waals surface area contributed by atoms with Gasteiger partial charge in [-0.2, -0.15) is 8.42 Å². The molecule has 1 unspecified atom stereocenters. The Kier molecular flexibility index (Phi) is 6.16. The summed E-state index contributed by atoms with van der Waals surface area (Å²) >= 11 is 5.86. The van der Waals surface area contributed by atoms with Gasteiger partial charge in [0, 0.05) is 10.9 Å². The lowest BCUT2D eigenvalue weighted by Gasteiger charge is -2.17. The van der Waals surface area contributed by atoms with Crippen LogP contribution in [0.15, 0.2) is 48.5 Å². The van der Waals surface area contributed by atoms with E-state index in [4.69, 9.17) is 15.8 Å². The molecule has 0 radical (unpaired) electrons. The first kappa shape index (κ1) is 17.9. The highest BCUT2D eigenvalue weighted by Gasteiger charge is 2.15. The monoisotopic (exact) mass is 356 g/mol. The van der Waals surface area contributed by atoms with E-state index in [1.807, 2.05) is 24.3 Å². The molecule has 0 saturated carbocycles. The second-order valence-electron chi connectivity index (χ2n) is 5.40. The number of hydrogen-bond acceptors (Lipinski definition) is 3. The smallest absolute Gasteiger partial charge is 0.264 e. The molecule has 0 N–H and O–H groups in total. The van der Waals surface area contributed by atoms with E-state index in [0.717, 1.165) is 23.8 Å². The van der Waals surface area contributed by atoms with Gasteiger partial charge >= 0.3 is 0 Å². The van der Waals surface area contributed by atoms with E-state index in [0.29, 0.717) is 11.4 Å². The third kappa shape index (κ3) is 6.29. The van der Waals surface area contributed by atoms with Crippen LogP contribution in [0, 0.1) is 5.82 Å². The Morgan fingerprint density at radius 2 is 1.70 bits per heavy atom. The van der Waals surface area contributed by atoms with Crippen LogP contribution >= 0.6 is 11.6 Å². The second kappa shape index (κ2) is 7.90. The van der Waals surface area contributed by atoms with Gasteiger partial charge in [-0.05, 0) is 48.2 Å². The zero-order valence-corrected chi connectivity index (χ0v) is 14.3. The Morgan fingerprint density at radius 1 is 1.09 bits per heavy atom. The van der Waals surface area contributed by atoms with Gasteiger partial charge in [0.1, 0.15) is 5.82 Å². The average Bonchev–Trinajstić information content (AvgIpc) is 2.49. The molecule has 1 atom stereocenters. The molecule has 124 valence electrons. The highest BCUT2D eigenvalue weighted by Crippen LogP contribution is 2.24. The quantitative estimate of drug-likeness (QED) is 0.699. The number of hydrogen-bond donors (Lipinski definition) is 0. The largest absolute Gasteiger partial charge is 0.270 e. The van der Waals surface area contributed by atoms with Crippen LogP contribution in [0.1, 0.15) is 23.5 Å². The van der Waals surface area contributed by atoms with Crippen molar-refractivity contribution in [3.05, 3.63) is 70.5 Å². The fourth-order valence-electron chi connectivity index (χ4n) is 2.28. The van der Waals surface area contributed by atoms with Crippen LogP contribution in [0.4, 0.5) is 4.39 Å². The summed E-state index contributed by atoms with van der Waals surface area (Å²) in [5.41, 5.74) is 1.95. The van der Waals surface area contributed by atoms with Gasteiger partial charge in [0.2, 0.25) is 0 Å². The normalized spacial score (nSPS) is 13.0. The summed E-state index contributed by atoms with van der Waals surface area (Å²) in [4.78, 5) is 0. The molecular weight excluding hydrogens is 339 g/mol. The predicted octanol–water partition coefficient (Wildman–Crippen LogP) is 4.17. The zero-order chi connectivity index (χ0) is 16.9. The summed E-state index contributed by atoms with van der Waals surface area (Å²) in [6.07, 6.45) is 2.45. The van der Waals surface area contributed by atoms with Crippen molar-refractivity contribution >= 4 is 21.7 Å². The molecule has 0 heterocycles. The summed E-state index contributed by atoms with van der Waals surface area (Å²) in [6.45, 7) is 0.0397. The van der Waals surface area contributed by atoms with E-state index in [2.05, 4.69) is 0 Å². The standard InChI is InChI=1S/C17H18ClFO3S/c1-23(20,21)22-12-15(14-6-10-17(19)11-7-14)5-2-13-3-8-16(18)9-4-13/h3-4,6-11,15H,2,5,12H2,1H3. The minimum Gasteiger partial charge on any atom is -0.270 e. The van der Waals surface area contributed by atoms with Crippen molar-refractivity contribution in [1.82, 2.24) is 0 Å². The van der Waals surface area contributed by atoms with Crippen LogP contribution in [0.3, 0.4) is 0 Å². The first-order valence-electron chi connectivity index (χ1n) is 7.18. The van der Waals surface area contributed by atoms with E-state index in [9.17, 15) is 12.8 Å². The predicted molar refractivity (Wildman–Crippen MR) is 89.7 cm³/mol. The lowest BCUT2D eigenvalue weighted by molar-refractivity contribution is 0.288. The highest BCUT2D eigenvalue weighted by molar-refractivity contribution is 7.85. The van der Waals surface area contributed by atoms with Gasteiger partial charge in [0.25, 0.3) is 10.1 Å². The van der Waals surface area contributed by atoms with Crippen LogP contribution in [0.2, 0.25) is 5.02 Å². The van der Waals surface area contributed by atoms with Crippen LogP contribution in [-0.2, 0) is 20.7 Å². The van der Waals surface area contributed by atoms with Crippen LogP contribution in [0.5, 0.6) is 0 Å². The maximum Gasteiger partial charge on any atom is 0.264 e. The Hall–Kier alpha value is -1.43. The van der Waals surface area contributed by atoms with Gasteiger partial charge in [-0.15, -0.1) is 0 Å². The fraction of sp³-hybridized carbons (Fsp3) is 0.294. The number of rotatable bonds is 7. The van der Waals surface area contributed by atoms with Crippen molar-refractivity contribution in [3.8, 4) is 0 Å². The van der Waals surface area contributed by atoms with Crippen molar-refractivity contribution in [1.29, 1.82) is 0 Å². The molecule has 0 saturated heterocycles. The van der Waals surface area contributed by atoms with Gasteiger partial charge in [-0.3, -0.25) is 4.18 Å². The maximum atomic E-state index is 13.1. The molecule has 3 nitrogen and oxygen atoms in total. The summed E-state index contributed by atoms with van der Waals surface area (Å²) in [5.74, 6) is -0.463. The van der Waals surface area contributed by atoms with Crippen molar-refractivity contribution < 1.29 is 17.0 Å². The number of halogens is 2. The summed E-state index contributed by atoms with van der Waals surface area (Å²) in [5, 5.41) is 0.671. The summed E-state index contributed by atoms with van der Waals surface area (Å²) in [6, 6.07) is 13.5. The molecule has 0 spiro atoms. The summed E-state index contributed by atoms with van der Waals surface area (Å²) in [7, 11) is -3.52. The molecule has 0 amide bonds. The Balaban J connectivity index is 2.09. The van der Waals surface area contributed by atoms with E-state index in [1.165, 1.54) is 12.1 Å². The summed E-state index contributed by atoms with van der Waals surface area (Å²) < 4.78 is 40.5. The Bertz CT molecular complexity index is 727. The van der Waals surface area contributed by atoms with E-state index in [-0.39, 0.29) is 18.3 Å². The Labute approximate surface area is 141 Å². The molecule has 0 bridgehead atoms. The van der Waals surface area contributed by atoms with Crippen molar-refractivity contribution in [3.63, 3.8) is 0 Å². The molecule has 2 aromatic carbocycles. The van der Waals surface area contributed by atoms with Gasteiger partial charge in [0.05, 0.1) is 12.9 Å².